The largest absolute Gasteiger partial charge is 0.326 e. The van der Waals surface area contributed by atoms with Crippen molar-refractivity contribution in [2.24, 2.45) is 0 Å². The quantitative estimate of drug-likeness (QED) is 0.870. The van der Waals surface area contributed by atoms with Gasteiger partial charge in [-0.25, -0.2) is 0 Å². The first-order valence-electron chi connectivity index (χ1n) is 6.89. The van der Waals surface area contributed by atoms with Gasteiger partial charge in [0, 0.05) is 18.1 Å². The fraction of sp³-hybridized carbons (Fsp3) is 0.222. The zero-order chi connectivity index (χ0) is 15.6. The molecule has 0 aliphatic rings. The van der Waals surface area contributed by atoms with Crippen molar-refractivity contribution in [1.29, 1.82) is 0 Å². The van der Waals surface area contributed by atoms with Crippen molar-refractivity contribution in [2.75, 3.05) is 5.32 Å². The molecular weight excluding hydrogens is 262 g/mol. The number of para-hydroxylation sites is 1. The van der Waals surface area contributed by atoms with Gasteiger partial charge in [-0.1, -0.05) is 18.2 Å². The summed E-state index contributed by atoms with van der Waals surface area (Å²) < 4.78 is 0. The van der Waals surface area contributed by atoms with Crippen molar-refractivity contribution in [1.82, 2.24) is 0 Å². The monoisotopic (exact) mass is 281 g/mol. The van der Waals surface area contributed by atoms with E-state index in [1.807, 2.05) is 32.9 Å². The molecule has 21 heavy (non-hydrogen) atoms. The third-order valence-electron chi connectivity index (χ3n) is 3.57. The van der Waals surface area contributed by atoms with Gasteiger partial charge in [-0.2, -0.15) is 0 Å². The maximum absolute atomic E-state index is 12.8. The van der Waals surface area contributed by atoms with Gasteiger partial charge in [-0.3, -0.25) is 9.59 Å². The van der Waals surface area contributed by atoms with Crippen LogP contribution in [0.1, 0.15) is 39.5 Å². The Labute approximate surface area is 125 Å². The van der Waals surface area contributed by atoms with Crippen molar-refractivity contribution < 1.29 is 9.59 Å². The third-order valence-corrected chi connectivity index (χ3v) is 3.57. The van der Waals surface area contributed by atoms with E-state index in [1.165, 1.54) is 12.5 Å². The summed E-state index contributed by atoms with van der Waals surface area (Å²) in [5, 5.41) is 2.71. The summed E-state index contributed by atoms with van der Waals surface area (Å²) in [5.74, 6) is -0.257. The van der Waals surface area contributed by atoms with Crippen LogP contribution in [0.25, 0.3) is 0 Å². The summed E-state index contributed by atoms with van der Waals surface area (Å²) in [6.45, 7) is 7.39. The van der Waals surface area contributed by atoms with Gasteiger partial charge in [0.2, 0.25) is 5.91 Å². The minimum Gasteiger partial charge on any atom is -0.326 e. The van der Waals surface area contributed by atoms with E-state index in [4.69, 9.17) is 0 Å². The fourth-order valence-corrected chi connectivity index (χ4v) is 2.33. The number of anilines is 1. The number of nitrogens with one attached hydrogen (secondary N) is 1. The average Bonchev–Trinajstić information content (AvgIpc) is 2.42. The van der Waals surface area contributed by atoms with Gasteiger partial charge in [-0.15, -0.1) is 0 Å². The number of carbonyl (C=O) groups is 2. The molecule has 3 nitrogen and oxygen atoms in total. The SMILES string of the molecule is CC(=O)Nc1ccccc1C(=O)c1cc(C)c(C)cc1C. The van der Waals surface area contributed by atoms with E-state index in [2.05, 4.69) is 5.32 Å². The van der Waals surface area contributed by atoms with Crippen LogP contribution in [0.15, 0.2) is 36.4 Å². The van der Waals surface area contributed by atoms with Crippen LogP contribution in [-0.4, -0.2) is 11.7 Å². The lowest BCUT2D eigenvalue weighted by atomic mass is 9.94. The maximum atomic E-state index is 12.8. The Bertz CT molecular complexity index is 717. The minimum atomic E-state index is -0.188. The molecule has 0 spiro atoms. The molecule has 2 rings (SSSR count). The molecule has 0 unspecified atom stereocenters. The Hall–Kier alpha value is -2.42. The first kappa shape index (κ1) is 15.0. The summed E-state index contributed by atoms with van der Waals surface area (Å²) in [7, 11) is 0. The molecule has 2 aromatic rings. The Morgan fingerprint density at radius 3 is 2.14 bits per heavy atom. The van der Waals surface area contributed by atoms with Crippen LogP contribution in [0, 0.1) is 20.8 Å². The molecule has 0 atom stereocenters. The van der Waals surface area contributed by atoms with Crippen LogP contribution < -0.4 is 5.32 Å². The lowest BCUT2D eigenvalue weighted by molar-refractivity contribution is -0.114. The highest BCUT2D eigenvalue weighted by atomic mass is 16.1. The van der Waals surface area contributed by atoms with E-state index in [0.29, 0.717) is 16.8 Å². The zero-order valence-electron chi connectivity index (χ0n) is 12.8. The highest BCUT2D eigenvalue weighted by Gasteiger charge is 2.16. The molecule has 0 aromatic heterocycles. The van der Waals surface area contributed by atoms with E-state index in [-0.39, 0.29) is 11.7 Å². The van der Waals surface area contributed by atoms with Crippen molar-refractivity contribution >= 4 is 17.4 Å². The number of hydrogen-bond donors (Lipinski definition) is 1. The molecule has 0 fully saturated rings. The molecule has 108 valence electrons. The Kier molecular flexibility index (Phi) is 4.22. The van der Waals surface area contributed by atoms with Crippen LogP contribution in [-0.2, 0) is 4.79 Å². The molecule has 2 aromatic carbocycles. The van der Waals surface area contributed by atoms with E-state index >= 15 is 0 Å². The average molecular weight is 281 g/mol. The zero-order valence-corrected chi connectivity index (χ0v) is 12.8. The second kappa shape index (κ2) is 5.92. The van der Waals surface area contributed by atoms with Crippen molar-refractivity contribution in [3.63, 3.8) is 0 Å². The van der Waals surface area contributed by atoms with E-state index in [9.17, 15) is 9.59 Å². The van der Waals surface area contributed by atoms with Crippen LogP contribution in [0.5, 0.6) is 0 Å². The fourth-order valence-electron chi connectivity index (χ4n) is 2.33. The molecule has 0 saturated carbocycles. The van der Waals surface area contributed by atoms with Crippen LogP contribution >= 0.6 is 0 Å². The lowest BCUT2D eigenvalue weighted by Gasteiger charge is -2.12. The third kappa shape index (κ3) is 3.19. The summed E-state index contributed by atoms with van der Waals surface area (Å²) in [6, 6.07) is 11.0. The first-order valence-corrected chi connectivity index (χ1v) is 6.89. The standard InChI is InChI=1S/C18H19NO2/c1-11-9-13(3)16(10-12(11)2)18(21)15-7-5-6-8-17(15)19-14(4)20/h5-10H,1-4H3,(H,19,20). The van der Waals surface area contributed by atoms with Crippen molar-refractivity contribution in [3.8, 4) is 0 Å². The second-order valence-electron chi connectivity index (χ2n) is 5.31. The topological polar surface area (TPSA) is 46.2 Å². The number of amides is 1. The summed E-state index contributed by atoms with van der Waals surface area (Å²) in [6.07, 6.45) is 0. The van der Waals surface area contributed by atoms with Crippen LogP contribution in [0.2, 0.25) is 0 Å². The molecule has 1 amide bonds. The highest BCUT2D eigenvalue weighted by molar-refractivity contribution is 6.14. The van der Waals surface area contributed by atoms with Gasteiger partial charge < -0.3 is 5.32 Å². The second-order valence-corrected chi connectivity index (χ2v) is 5.31. The molecule has 0 aliphatic heterocycles. The Morgan fingerprint density at radius 1 is 0.857 bits per heavy atom. The summed E-state index contributed by atoms with van der Waals surface area (Å²) >= 11 is 0. The van der Waals surface area contributed by atoms with Crippen molar-refractivity contribution in [3.05, 3.63) is 64.2 Å². The Morgan fingerprint density at radius 2 is 1.48 bits per heavy atom. The number of benzene rings is 2. The van der Waals surface area contributed by atoms with Crippen LogP contribution in [0.4, 0.5) is 5.69 Å². The number of aryl methyl sites for hydroxylation is 3. The molecule has 0 saturated heterocycles. The van der Waals surface area contributed by atoms with Crippen LogP contribution in [0.3, 0.4) is 0 Å². The highest BCUT2D eigenvalue weighted by Crippen LogP contribution is 2.23. The predicted molar refractivity (Wildman–Crippen MR) is 84.8 cm³/mol. The van der Waals surface area contributed by atoms with Gasteiger partial charge in [0.15, 0.2) is 5.78 Å². The molecule has 3 heteroatoms. The maximum Gasteiger partial charge on any atom is 0.221 e. The van der Waals surface area contributed by atoms with Gasteiger partial charge in [0.1, 0.15) is 0 Å². The smallest absolute Gasteiger partial charge is 0.221 e. The first-order chi connectivity index (χ1) is 9.90. The number of rotatable bonds is 3. The lowest BCUT2D eigenvalue weighted by Crippen LogP contribution is -2.12. The molecule has 0 bridgehead atoms. The van der Waals surface area contributed by atoms with Gasteiger partial charge in [0.25, 0.3) is 0 Å². The molecule has 0 heterocycles. The number of carbonyl (C=O) groups excluding carboxylic acids is 2. The summed E-state index contributed by atoms with van der Waals surface area (Å²) in [5.41, 5.74) is 4.93. The van der Waals surface area contributed by atoms with E-state index in [1.54, 1.807) is 24.3 Å². The van der Waals surface area contributed by atoms with Gasteiger partial charge in [-0.05, 0) is 55.7 Å². The minimum absolute atomic E-state index is 0.0695. The molecule has 1 N–H and O–H groups in total. The van der Waals surface area contributed by atoms with E-state index < -0.39 is 0 Å². The molecular formula is C18H19NO2. The number of ketones is 1. The van der Waals surface area contributed by atoms with E-state index in [0.717, 1.165) is 11.1 Å². The summed E-state index contributed by atoms with van der Waals surface area (Å²) in [4.78, 5) is 24.0. The Balaban J connectivity index is 2.50. The molecule has 0 radical (unpaired) electrons. The van der Waals surface area contributed by atoms with Crippen molar-refractivity contribution in [2.45, 2.75) is 27.7 Å². The van der Waals surface area contributed by atoms with Gasteiger partial charge >= 0.3 is 0 Å². The van der Waals surface area contributed by atoms with Gasteiger partial charge in [0.05, 0.1) is 5.69 Å². The number of hydrogen-bond acceptors (Lipinski definition) is 2. The normalized spacial score (nSPS) is 10.3. The predicted octanol–water partition coefficient (Wildman–Crippen LogP) is 3.80. The molecule has 0 aliphatic carbocycles.